The summed E-state index contributed by atoms with van der Waals surface area (Å²) in [6.45, 7) is 9.11. The molecule has 0 aliphatic rings. The van der Waals surface area contributed by atoms with Crippen LogP contribution in [0.2, 0.25) is 0 Å². The second kappa shape index (κ2) is 6.57. The van der Waals surface area contributed by atoms with Crippen LogP contribution in [0.25, 0.3) is 0 Å². The maximum absolute atomic E-state index is 12.5. The van der Waals surface area contributed by atoms with Crippen molar-refractivity contribution in [1.29, 1.82) is 0 Å². The van der Waals surface area contributed by atoms with E-state index in [1.165, 1.54) is 17.7 Å². The lowest BCUT2D eigenvalue weighted by atomic mass is 9.87. The molecule has 1 aromatic carbocycles. The Kier molecular flexibility index (Phi) is 6.18. The van der Waals surface area contributed by atoms with E-state index in [-0.39, 0.29) is 11.2 Å². The van der Waals surface area contributed by atoms with Gasteiger partial charge in [-0.1, -0.05) is 32.9 Å². The zero-order valence-corrected chi connectivity index (χ0v) is 10.3. The fourth-order valence-corrected chi connectivity index (χ4v) is 0.950. The van der Waals surface area contributed by atoms with E-state index in [9.17, 15) is 4.39 Å². The van der Waals surface area contributed by atoms with Gasteiger partial charge in [0.1, 0.15) is 5.82 Å². The van der Waals surface area contributed by atoms with Crippen LogP contribution in [0.1, 0.15) is 33.3 Å². The van der Waals surface area contributed by atoms with E-state index < -0.39 is 0 Å². The van der Waals surface area contributed by atoms with Crippen LogP contribution >= 0.6 is 0 Å². The van der Waals surface area contributed by atoms with Crippen LogP contribution in [0.4, 0.5) is 4.39 Å². The molecule has 0 aliphatic heterocycles. The molecule has 0 atom stereocenters. The summed E-state index contributed by atoms with van der Waals surface area (Å²) in [5, 5.41) is 0. The van der Waals surface area contributed by atoms with Crippen molar-refractivity contribution in [3.05, 3.63) is 35.6 Å². The minimum absolute atomic E-state index is 0.119. The van der Waals surface area contributed by atoms with Crippen molar-refractivity contribution in [3.8, 4) is 0 Å². The average molecular weight is 212 g/mol. The van der Waals surface area contributed by atoms with Crippen molar-refractivity contribution < 1.29 is 9.13 Å². The monoisotopic (exact) mass is 212 g/mol. The van der Waals surface area contributed by atoms with Gasteiger partial charge in [-0.15, -0.1) is 0 Å². The Labute approximate surface area is 92.3 Å². The lowest BCUT2D eigenvalue weighted by molar-refractivity contribution is 0.215. The smallest absolute Gasteiger partial charge is 0.123 e. The molecule has 0 unspecified atom stereocenters. The lowest BCUT2D eigenvalue weighted by Gasteiger charge is -2.18. The molecule has 0 N–H and O–H groups in total. The Balaban J connectivity index is 0.000000423. The molecule has 0 radical (unpaired) electrons. The van der Waals surface area contributed by atoms with Crippen LogP contribution in [0.5, 0.6) is 0 Å². The van der Waals surface area contributed by atoms with Crippen molar-refractivity contribution >= 4 is 0 Å². The molecule has 0 aliphatic carbocycles. The molecule has 1 nitrogen and oxygen atoms in total. The van der Waals surface area contributed by atoms with Gasteiger partial charge < -0.3 is 4.74 Å². The second-order valence-corrected chi connectivity index (χ2v) is 4.33. The first kappa shape index (κ1) is 14.1. The third-order valence-electron chi connectivity index (χ3n) is 2.00. The molecule has 0 saturated carbocycles. The summed E-state index contributed by atoms with van der Waals surface area (Å²) >= 11 is 0. The van der Waals surface area contributed by atoms with Gasteiger partial charge in [0.15, 0.2) is 0 Å². The Morgan fingerprint density at radius 3 is 1.80 bits per heavy atom. The van der Waals surface area contributed by atoms with Crippen LogP contribution in [0.15, 0.2) is 24.3 Å². The van der Waals surface area contributed by atoms with Gasteiger partial charge in [-0.3, -0.25) is 0 Å². The third kappa shape index (κ3) is 6.24. The van der Waals surface area contributed by atoms with Crippen LogP contribution in [0.3, 0.4) is 0 Å². The summed E-state index contributed by atoms with van der Waals surface area (Å²) in [6.07, 6.45) is 0. The highest BCUT2D eigenvalue weighted by Crippen LogP contribution is 2.21. The fraction of sp³-hybridized carbons (Fsp3) is 0.538. The van der Waals surface area contributed by atoms with Crippen molar-refractivity contribution in [3.63, 3.8) is 0 Å². The molecule has 15 heavy (non-hydrogen) atoms. The quantitative estimate of drug-likeness (QED) is 0.688. The molecule has 0 heterocycles. The molecule has 0 aromatic heterocycles. The molecule has 0 amide bonds. The van der Waals surface area contributed by atoms with Gasteiger partial charge in [-0.05, 0) is 30.0 Å². The highest BCUT2D eigenvalue weighted by molar-refractivity contribution is 5.22. The topological polar surface area (TPSA) is 9.23 Å². The molecule has 0 bridgehead atoms. The summed E-state index contributed by atoms with van der Waals surface area (Å²) in [5.74, 6) is -0.169. The van der Waals surface area contributed by atoms with Gasteiger partial charge in [0.2, 0.25) is 0 Å². The predicted molar refractivity (Wildman–Crippen MR) is 62.7 cm³/mol. The van der Waals surface area contributed by atoms with E-state index >= 15 is 0 Å². The molecule has 0 spiro atoms. The summed E-state index contributed by atoms with van der Waals surface area (Å²) in [4.78, 5) is 0. The predicted octanol–water partition coefficient (Wildman–Crippen LogP) is 3.78. The zero-order chi connectivity index (χ0) is 11.9. The van der Waals surface area contributed by atoms with Crippen molar-refractivity contribution in [2.75, 3.05) is 13.7 Å². The second-order valence-electron chi connectivity index (χ2n) is 4.33. The molecule has 0 saturated heterocycles. The van der Waals surface area contributed by atoms with E-state index in [2.05, 4.69) is 25.5 Å². The molecular weight excluding hydrogens is 191 g/mol. The first-order valence-electron chi connectivity index (χ1n) is 5.16. The standard InChI is InChI=1S/C10H13F.C3H8O/c1-10(2,3)8-4-6-9(11)7-5-8;1-3-4-2/h4-7H,1-3H3;3H2,1-2H3. The fourth-order valence-electron chi connectivity index (χ4n) is 0.950. The number of hydrogen-bond acceptors (Lipinski definition) is 1. The lowest BCUT2D eigenvalue weighted by Crippen LogP contribution is -2.10. The van der Waals surface area contributed by atoms with Gasteiger partial charge in [0.05, 0.1) is 0 Å². The number of halogens is 1. The van der Waals surface area contributed by atoms with Gasteiger partial charge in [0.25, 0.3) is 0 Å². The SMILES string of the molecule is CC(C)(C)c1ccc(F)cc1.CCOC. The first-order chi connectivity index (χ1) is 6.91. The molecule has 1 aromatic rings. The summed E-state index contributed by atoms with van der Waals surface area (Å²) < 4.78 is 17.0. The Morgan fingerprint density at radius 2 is 1.53 bits per heavy atom. The number of ether oxygens (including phenoxy) is 1. The van der Waals surface area contributed by atoms with Crippen molar-refractivity contribution in [1.82, 2.24) is 0 Å². The average Bonchev–Trinajstić information content (AvgIpc) is 2.17. The van der Waals surface area contributed by atoms with Crippen LogP contribution in [-0.4, -0.2) is 13.7 Å². The highest BCUT2D eigenvalue weighted by Gasteiger charge is 2.12. The van der Waals surface area contributed by atoms with Gasteiger partial charge >= 0.3 is 0 Å². The van der Waals surface area contributed by atoms with E-state index in [0.717, 1.165) is 6.61 Å². The van der Waals surface area contributed by atoms with Crippen LogP contribution in [-0.2, 0) is 10.2 Å². The molecule has 0 fully saturated rings. The molecule has 86 valence electrons. The van der Waals surface area contributed by atoms with Gasteiger partial charge in [-0.2, -0.15) is 0 Å². The van der Waals surface area contributed by atoms with Gasteiger partial charge in [-0.25, -0.2) is 4.39 Å². The number of rotatable bonds is 1. The summed E-state index contributed by atoms with van der Waals surface area (Å²) in [7, 11) is 1.68. The maximum atomic E-state index is 12.5. The zero-order valence-electron chi connectivity index (χ0n) is 10.3. The summed E-state index contributed by atoms with van der Waals surface area (Å²) in [6, 6.07) is 6.66. The Hall–Kier alpha value is -0.890. The molecule has 1 rings (SSSR count). The minimum atomic E-state index is -0.169. The summed E-state index contributed by atoms with van der Waals surface area (Å²) in [5.41, 5.74) is 1.28. The van der Waals surface area contributed by atoms with E-state index in [4.69, 9.17) is 0 Å². The number of benzene rings is 1. The maximum Gasteiger partial charge on any atom is 0.123 e. The Morgan fingerprint density at radius 1 is 1.13 bits per heavy atom. The first-order valence-corrected chi connectivity index (χ1v) is 5.16. The van der Waals surface area contributed by atoms with Crippen LogP contribution < -0.4 is 0 Å². The minimum Gasteiger partial charge on any atom is -0.385 e. The largest absolute Gasteiger partial charge is 0.385 e. The van der Waals surface area contributed by atoms with E-state index in [0.29, 0.717) is 0 Å². The van der Waals surface area contributed by atoms with Crippen molar-refractivity contribution in [2.24, 2.45) is 0 Å². The van der Waals surface area contributed by atoms with E-state index in [1.54, 1.807) is 7.11 Å². The van der Waals surface area contributed by atoms with Gasteiger partial charge in [0, 0.05) is 13.7 Å². The van der Waals surface area contributed by atoms with Crippen molar-refractivity contribution in [2.45, 2.75) is 33.1 Å². The highest BCUT2D eigenvalue weighted by atomic mass is 19.1. The van der Waals surface area contributed by atoms with Crippen LogP contribution in [0, 0.1) is 5.82 Å². The normalized spacial score (nSPS) is 10.5. The molecule has 2 heteroatoms. The Bertz CT molecular complexity index is 257. The number of hydrogen-bond donors (Lipinski definition) is 0. The van der Waals surface area contributed by atoms with E-state index in [1.807, 2.05) is 19.1 Å². The number of methoxy groups -OCH3 is 1. The third-order valence-corrected chi connectivity index (χ3v) is 2.00. The molecular formula is C13H21FO.